The van der Waals surface area contributed by atoms with Crippen LogP contribution in [0.3, 0.4) is 0 Å². The molecule has 2 N–H and O–H groups in total. The molecule has 0 aromatic carbocycles. The zero-order valence-electron chi connectivity index (χ0n) is 11.5. The van der Waals surface area contributed by atoms with Crippen molar-refractivity contribution in [3.05, 3.63) is 0 Å². The molecule has 5 heteroatoms. The van der Waals surface area contributed by atoms with Crippen molar-refractivity contribution in [2.24, 2.45) is 5.92 Å². The molecule has 0 saturated heterocycles. The van der Waals surface area contributed by atoms with E-state index in [0.717, 1.165) is 25.7 Å². The minimum atomic E-state index is -0.750. The van der Waals surface area contributed by atoms with Gasteiger partial charge in [0, 0.05) is 19.1 Å². The SMILES string of the molecule is CC(CCCC(C)C(=O)O)NC(=O)N(C)C1CC1. The summed E-state index contributed by atoms with van der Waals surface area (Å²) < 4.78 is 0. The Morgan fingerprint density at radius 3 is 2.44 bits per heavy atom. The molecule has 1 aliphatic rings. The number of carboxylic acid groups (broad SMARTS) is 1. The minimum absolute atomic E-state index is 0.0173. The van der Waals surface area contributed by atoms with Gasteiger partial charge in [0.15, 0.2) is 0 Å². The van der Waals surface area contributed by atoms with Crippen LogP contribution in [0.4, 0.5) is 4.79 Å². The molecule has 0 aromatic rings. The summed E-state index contributed by atoms with van der Waals surface area (Å²) in [5.74, 6) is -1.05. The zero-order chi connectivity index (χ0) is 13.7. The van der Waals surface area contributed by atoms with Crippen LogP contribution in [-0.2, 0) is 4.79 Å². The van der Waals surface area contributed by atoms with E-state index in [-0.39, 0.29) is 18.0 Å². The van der Waals surface area contributed by atoms with Crippen molar-refractivity contribution in [2.75, 3.05) is 7.05 Å². The number of amides is 2. The van der Waals surface area contributed by atoms with Crippen molar-refractivity contribution in [1.29, 1.82) is 0 Å². The number of carboxylic acids is 1. The van der Waals surface area contributed by atoms with Gasteiger partial charge in [-0.25, -0.2) is 4.79 Å². The Kier molecular flexibility index (Phi) is 5.44. The van der Waals surface area contributed by atoms with Crippen LogP contribution in [0, 0.1) is 5.92 Å². The fraction of sp³-hybridized carbons (Fsp3) is 0.846. The molecule has 0 aromatic heterocycles. The highest BCUT2D eigenvalue weighted by atomic mass is 16.4. The lowest BCUT2D eigenvalue weighted by Crippen LogP contribution is -2.42. The molecule has 0 aliphatic heterocycles. The number of hydrogen-bond donors (Lipinski definition) is 2. The standard InChI is InChI=1S/C13H24N2O3/c1-9(12(16)17)5-4-6-10(2)14-13(18)15(3)11-7-8-11/h9-11H,4-8H2,1-3H3,(H,14,18)(H,16,17). The van der Waals surface area contributed by atoms with Gasteiger partial charge in [0.1, 0.15) is 0 Å². The van der Waals surface area contributed by atoms with E-state index >= 15 is 0 Å². The second kappa shape index (κ2) is 6.61. The second-order valence-electron chi connectivity index (χ2n) is 5.36. The van der Waals surface area contributed by atoms with Gasteiger partial charge >= 0.3 is 12.0 Å². The Bertz CT molecular complexity index is 303. The molecule has 2 amide bonds. The topological polar surface area (TPSA) is 69.6 Å². The lowest BCUT2D eigenvalue weighted by atomic mass is 10.0. The van der Waals surface area contributed by atoms with E-state index < -0.39 is 5.97 Å². The third kappa shape index (κ3) is 4.94. The van der Waals surface area contributed by atoms with Gasteiger partial charge in [-0.05, 0) is 32.6 Å². The van der Waals surface area contributed by atoms with Crippen LogP contribution in [0.15, 0.2) is 0 Å². The van der Waals surface area contributed by atoms with Gasteiger partial charge in [0.2, 0.25) is 0 Å². The quantitative estimate of drug-likeness (QED) is 0.732. The third-order valence-corrected chi connectivity index (χ3v) is 3.48. The Labute approximate surface area is 109 Å². The molecule has 18 heavy (non-hydrogen) atoms. The Morgan fingerprint density at radius 1 is 1.33 bits per heavy atom. The van der Waals surface area contributed by atoms with E-state index in [0.29, 0.717) is 12.5 Å². The predicted molar refractivity (Wildman–Crippen MR) is 69.4 cm³/mol. The molecule has 104 valence electrons. The summed E-state index contributed by atoms with van der Waals surface area (Å²) >= 11 is 0. The lowest BCUT2D eigenvalue weighted by molar-refractivity contribution is -0.141. The van der Waals surface area contributed by atoms with Gasteiger partial charge in [-0.1, -0.05) is 13.3 Å². The van der Waals surface area contributed by atoms with Crippen LogP contribution < -0.4 is 5.32 Å². The van der Waals surface area contributed by atoms with Gasteiger partial charge in [0.05, 0.1) is 5.92 Å². The molecule has 2 unspecified atom stereocenters. The molecular formula is C13H24N2O3. The molecule has 0 bridgehead atoms. The molecule has 1 fully saturated rings. The Balaban J connectivity index is 2.14. The fourth-order valence-corrected chi connectivity index (χ4v) is 1.87. The first-order chi connectivity index (χ1) is 8.41. The summed E-state index contributed by atoms with van der Waals surface area (Å²) in [5, 5.41) is 11.7. The minimum Gasteiger partial charge on any atom is -0.481 e. The van der Waals surface area contributed by atoms with Gasteiger partial charge in [-0.2, -0.15) is 0 Å². The van der Waals surface area contributed by atoms with Crippen molar-refractivity contribution < 1.29 is 14.7 Å². The fourth-order valence-electron chi connectivity index (χ4n) is 1.87. The van der Waals surface area contributed by atoms with Gasteiger partial charge < -0.3 is 15.3 Å². The summed E-state index contributed by atoms with van der Waals surface area (Å²) in [5.41, 5.74) is 0. The van der Waals surface area contributed by atoms with E-state index in [1.807, 2.05) is 14.0 Å². The average Bonchev–Trinajstić information content (AvgIpc) is 3.11. The Morgan fingerprint density at radius 2 is 1.94 bits per heavy atom. The molecule has 1 saturated carbocycles. The second-order valence-corrected chi connectivity index (χ2v) is 5.36. The number of urea groups is 1. The number of nitrogens with zero attached hydrogens (tertiary/aromatic N) is 1. The van der Waals surface area contributed by atoms with Crippen molar-refractivity contribution in [3.63, 3.8) is 0 Å². The van der Waals surface area contributed by atoms with Crippen LogP contribution >= 0.6 is 0 Å². The van der Waals surface area contributed by atoms with Crippen LogP contribution in [0.5, 0.6) is 0 Å². The first-order valence-electron chi connectivity index (χ1n) is 6.68. The summed E-state index contributed by atoms with van der Waals surface area (Å²) in [6.45, 7) is 3.68. The predicted octanol–water partition coefficient (Wildman–Crippen LogP) is 2.07. The smallest absolute Gasteiger partial charge is 0.317 e. The third-order valence-electron chi connectivity index (χ3n) is 3.48. The molecule has 0 heterocycles. The van der Waals surface area contributed by atoms with Crippen molar-refractivity contribution in [2.45, 2.75) is 58.0 Å². The van der Waals surface area contributed by atoms with Crippen molar-refractivity contribution in [1.82, 2.24) is 10.2 Å². The van der Waals surface area contributed by atoms with Gasteiger partial charge in [0.25, 0.3) is 0 Å². The largest absolute Gasteiger partial charge is 0.481 e. The molecule has 0 spiro atoms. The molecule has 1 aliphatic carbocycles. The average molecular weight is 256 g/mol. The number of carbonyl (C=O) groups excluding carboxylic acids is 1. The summed E-state index contributed by atoms with van der Waals surface area (Å²) in [6.07, 6.45) is 4.51. The summed E-state index contributed by atoms with van der Waals surface area (Å²) in [7, 11) is 1.83. The monoisotopic (exact) mass is 256 g/mol. The van der Waals surface area contributed by atoms with E-state index in [9.17, 15) is 9.59 Å². The zero-order valence-corrected chi connectivity index (χ0v) is 11.5. The number of rotatable bonds is 7. The maximum Gasteiger partial charge on any atom is 0.317 e. The van der Waals surface area contributed by atoms with Gasteiger partial charge in [-0.15, -0.1) is 0 Å². The van der Waals surface area contributed by atoms with E-state index in [1.54, 1.807) is 11.8 Å². The van der Waals surface area contributed by atoms with Crippen molar-refractivity contribution >= 4 is 12.0 Å². The maximum absolute atomic E-state index is 11.8. The normalized spacial score (nSPS) is 17.9. The van der Waals surface area contributed by atoms with E-state index in [2.05, 4.69) is 5.32 Å². The Hall–Kier alpha value is -1.26. The summed E-state index contributed by atoms with van der Waals surface area (Å²) in [6, 6.07) is 0.500. The highest BCUT2D eigenvalue weighted by Crippen LogP contribution is 2.25. The van der Waals surface area contributed by atoms with Crippen LogP contribution in [0.25, 0.3) is 0 Å². The number of hydrogen-bond acceptors (Lipinski definition) is 2. The lowest BCUT2D eigenvalue weighted by Gasteiger charge is -2.21. The molecule has 2 atom stereocenters. The number of carbonyl (C=O) groups is 2. The maximum atomic E-state index is 11.8. The van der Waals surface area contributed by atoms with Crippen LogP contribution in [0.2, 0.25) is 0 Å². The molecule has 5 nitrogen and oxygen atoms in total. The highest BCUT2D eigenvalue weighted by molar-refractivity contribution is 5.74. The highest BCUT2D eigenvalue weighted by Gasteiger charge is 2.29. The first-order valence-corrected chi connectivity index (χ1v) is 6.68. The molecular weight excluding hydrogens is 232 g/mol. The first kappa shape index (κ1) is 14.8. The molecule has 1 rings (SSSR count). The number of aliphatic carboxylic acids is 1. The van der Waals surface area contributed by atoms with E-state index in [4.69, 9.17) is 5.11 Å². The van der Waals surface area contributed by atoms with Gasteiger partial charge in [-0.3, -0.25) is 4.79 Å². The summed E-state index contributed by atoms with van der Waals surface area (Å²) in [4.78, 5) is 24.2. The van der Waals surface area contributed by atoms with E-state index in [1.165, 1.54) is 0 Å². The van der Waals surface area contributed by atoms with Crippen LogP contribution in [-0.4, -0.2) is 41.1 Å². The molecule has 0 radical (unpaired) electrons. The number of nitrogens with one attached hydrogen (secondary N) is 1. The van der Waals surface area contributed by atoms with Crippen LogP contribution in [0.1, 0.15) is 46.0 Å². The van der Waals surface area contributed by atoms with Crippen molar-refractivity contribution in [3.8, 4) is 0 Å².